The highest BCUT2D eigenvalue weighted by Crippen LogP contribution is 2.29. The summed E-state index contributed by atoms with van der Waals surface area (Å²) in [7, 11) is 0. The number of halogens is 1. The molecule has 3 aromatic heterocycles. The number of rotatable bonds is 7. The molecule has 0 amide bonds. The Morgan fingerprint density at radius 1 is 1.21 bits per heavy atom. The minimum Gasteiger partial charge on any atom is -0.327 e. The third-order valence-electron chi connectivity index (χ3n) is 4.41. The Morgan fingerprint density at radius 3 is 2.69 bits per heavy atom. The molecule has 0 aliphatic carbocycles. The van der Waals surface area contributed by atoms with Gasteiger partial charge in [-0.05, 0) is 23.3 Å². The maximum absolute atomic E-state index is 12.7. The van der Waals surface area contributed by atoms with E-state index in [4.69, 9.17) is 5.73 Å². The number of H-pyrrole nitrogens is 1. The number of hydrogen-bond acceptors (Lipinski definition) is 6. The number of benzene rings is 1. The second-order valence-corrected chi connectivity index (χ2v) is 7.52. The molecule has 0 atom stereocenters. The summed E-state index contributed by atoms with van der Waals surface area (Å²) in [6, 6.07) is 12.0. The van der Waals surface area contributed by atoms with Crippen molar-refractivity contribution in [3.63, 3.8) is 0 Å². The molecule has 3 N–H and O–H groups in total. The van der Waals surface area contributed by atoms with Gasteiger partial charge in [0.05, 0.1) is 19.4 Å². The van der Waals surface area contributed by atoms with Gasteiger partial charge in [0, 0.05) is 21.9 Å². The quantitative estimate of drug-likeness (QED) is 0.486. The van der Waals surface area contributed by atoms with Crippen molar-refractivity contribution in [1.29, 1.82) is 0 Å². The summed E-state index contributed by atoms with van der Waals surface area (Å²) in [6.45, 7) is 0.488. The first-order chi connectivity index (χ1) is 14.2. The highest BCUT2D eigenvalue weighted by molar-refractivity contribution is 7.15. The van der Waals surface area contributed by atoms with Crippen molar-refractivity contribution in [3.05, 3.63) is 76.3 Å². The molecule has 0 fully saturated rings. The number of nitrogens with two attached hydrogens (primary N) is 1. The second kappa shape index (κ2) is 8.33. The average molecular weight is 411 g/mol. The van der Waals surface area contributed by atoms with Gasteiger partial charge in [-0.3, -0.25) is 9.67 Å². The summed E-state index contributed by atoms with van der Waals surface area (Å²) in [5, 5.41) is 10.7. The van der Waals surface area contributed by atoms with Crippen LogP contribution in [0.25, 0.3) is 21.8 Å². The van der Waals surface area contributed by atoms with Crippen molar-refractivity contribution >= 4 is 11.3 Å². The molecule has 0 saturated carbocycles. The third-order valence-corrected chi connectivity index (χ3v) is 5.53. The SMILES string of the molecule is NC/C(=C\F)Cn1ncn(Cc2ccc(-c3ccc(-c4ncn[nH]4)cc3)s2)c1=O. The molecule has 0 spiro atoms. The fraction of sp³-hybridized carbons (Fsp3) is 0.158. The van der Waals surface area contributed by atoms with Gasteiger partial charge in [0.25, 0.3) is 0 Å². The van der Waals surface area contributed by atoms with Crippen molar-refractivity contribution in [2.45, 2.75) is 13.1 Å². The Morgan fingerprint density at radius 2 is 2.00 bits per heavy atom. The topological polar surface area (TPSA) is 107 Å². The van der Waals surface area contributed by atoms with Crippen LogP contribution in [0, 0.1) is 0 Å². The highest BCUT2D eigenvalue weighted by Gasteiger charge is 2.10. The minimum atomic E-state index is -0.302. The normalized spacial score (nSPS) is 11.9. The Kier molecular flexibility index (Phi) is 5.45. The van der Waals surface area contributed by atoms with Gasteiger partial charge in [-0.1, -0.05) is 24.3 Å². The van der Waals surface area contributed by atoms with Gasteiger partial charge in [-0.25, -0.2) is 18.9 Å². The molecule has 0 bridgehead atoms. The molecule has 148 valence electrons. The lowest BCUT2D eigenvalue weighted by molar-refractivity contribution is 0.604. The van der Waals surface area contributed by atoms with E-state index in [9.17, 15) is 9.18 Å². The zero-order valence-electron chi connectivity index (χ0n) is 15.3. The lowest BCUT2D eigenvalue weighted by Crippen LogP contribution is -2.26. The first-order valence-corrected chi connectivity index (χ1v) is 9.65. The van der Waals surface area contributed by atoms with Crippen LogP contribution >= 0.6 is 11.3 Å². The van der Waals surface area contributed by atoms with E-state index in [1.54, 1.807) is 11.3 Å². The minimum absolute atomic E-state index is 0.0410. The van der Waals surface area contributed by atoms with Gasteiger partial charge in [0.2, 0.25) is 0 Å². The first-order valence-electron chi connectivity index (χ1n) is 8.83. The predicted octanol–water partition coefficient (Wildman–Crippen LogP) is 2.42. The van der Waals surface area contributed by atoms with Crippen LogP contribution in [0.1, 0.15) is 4.88 Å². The maximum Gasteiger partial charge on any atom is 0.346 e. The number of thiophene rings is 1. The molecule has 1 aromatic carbocycles. The predicted molar refractivity (Wildman–Crippen MR) is 109 cm³/mol. The Hall–Kier alpha value is -3.37. The van der Waals surface area contributed by atoms with E-state index in [0.717, 1.165) is 26.7 Å². The summed E-state index contributed by atoms with van der Waals surface area (Å²) in [6.07, 6.45) is 3.36. The molecule has 29 heavy (non-hydrogen) atoms. The first kappa shape index (κ1) is 19.0. The molecule has 4 rings (SSSR count). The molecule has 10 heteroatoms. The highest BCUT2D eigenvalue weighted by atomic mass is 32.1. The van der Waals surface area contributed by atoms with Crippen LogP contribution < -0.4 is 11.4 Å². The molecule has 0 radical (unpaired) electrons. The van der Waals surface area contributed by atoms with Crippen LogP contribution in [0.4, 0.5) is 4.39 Å². The number of nitrogens with zero attached hydrogens (tertiary/aromatic N) is 5. The number of nitrogens with one attached hydrogen (secondary N) is 1. The standard InChI is InChI=1S/C19H18FN7OS/c20-7-13(8-21)9-27-19(28)26(12-24-27)10-16-5-6-17(29-16)14-1-3-15(4-2-14)18-22-11-23-25-18/h1-7,11-12H,8-10,21H2,(H,22,23,25)/b13-7+. The van der Waals surface area contributed by atoms with Crippen molar-refractivity contribution in [2.75, 3.05) is 6.54 Å². The summed E-state index contributed by atoms with van der Waals surface area (Å²) in [5.41, 5.74) is 7.49. The van der Waals surface area contributed by atoms with Gasteiger partial charge in [-0.2, -0.15) is 10.2 Å². The molecule has 0 aliphatic rings. The van der Waals surface area contributed by atoms with Crippen molar-refractivity contribution in [2.24, 2.45) is 5.73 Å². The lowest BCUT2D eigenvalue weighted by atomic mass is 10.1. The van der Waals surface area contributed by atoms with E-state index in [-0.39, 0.29) is 18.8 Å². The van der Waals surface area contributed by atoms with Crippen LogP contribution in [0.2, 0.25) is 0 Å². The van der Waals surface area contributed by atoms with Crippen molar-refractivity contribution in [1.82, 2.24) is 29.5 Å². The van der Waals surface area contributed by atoms with Gasteiger partial charge >= 0.3 is 5.69 Å². The van der Waals surface area contributed by atoms with Crippen LogP contribution in [0.15, 0.2) is 65.8 Å². The number of hydrogen-bond donors (Lipinski definition) is 2. The Labute approximate surface area is 169 Å². The van der Waals surface area contributed by atoms with Crippen LogP contribution in [-0.4, -0.2) is 36.1 Å². The number of aromatic amines is 1. The maximum atomic E-state index is 12.7. The zero-order chi connectivity index (χ0) is 20.2. The molecule has 3 heterocycles. The van der Waals surface area contributed by atoms with Gasteiger partial charge in [-0.15, -0.1) is 11.3 Å². The molecule has 8 nitrogen and oxygen atoms in total. The molecule has 0 aliphatic heterocycles. The van der Waals surface area contributed by atoms with E-state index < -0.39 is 0 Å². The van der Waals surface area contributed by atoms with E-state index in [1.807, 2.05) is 36.4 Å². The van der Waals surface area contributed by atoms with Crippen molar-refractivity contribution in [3.8, 4) is 21.8 Å². The van der Waals surface area contributed by atoms with E-state index >= 15 is 0 Å². The lowest BCUT2D eigenvalue weighted by Gasteiger charge is -2.01. The number of aromatic nitrogens is 6. The summed E-state index contributed by atoms with van der Waals surface area (Å²) in [5.74, 6) is 0.722. The van der Waals surface area contributed by atoms with Crippen LogP contribution in [0.3, 0.4) is 0 Å². The van der Waals surface area contributed by atoms with E-state index in [2.05, 4.69) is 20.3 Å². The molecular formula is C19H18FN7OS. The van der Waals surface area contributed by atoms with E-state index in [0.29, 0.717) is 18.4 Å². The summed E-state index contributed by atoms with van der Waals surface area (Å²) >= 11 is 1.60. The Bertz CT molecular complexity index is 1170. The third kappa shape index (κ3) is 4.08. The average Bonchev–Trinajstić information content (AvgIpc) is 3.50. The fourth-order valence-electron chi connectivity index (χ4n) is 2.85. The van der Waals surface area contributed by atoms with Gasteiger partial charge in [0.15, 0.2) is 5.82 Å². The summed E-state index contributed by atoms with van der Waals surface area (Å²) in [4.78, 5) is 18.7. The molecule has 0 unspecified atom stereocenters. The van der Waals surface area contributed by atoms with Crippen molar-refractivity contribution < 1.29 is 4.39 Å². The monoisotopic (exact) mass is 411 g/mol. The van der Waals surface area contributed by atoms with E-state index in [1.165, 1.54) is 21.9 Å². The second-order valence-electron chi connectivity index (χ2n) is 6.35. The molecule has 4 aromatic rings. The zero-order valence-corrected chi connectivity index (χ0v) is 16.1. The molecular weight excluding hydrogens is 393 g/mol. The fourth-order valence-corrected chi connectivity index (χ4v) is 3.86. The largest absolute Gasteiger partial charge is 0.346 e. The smallest absolute Gasteiger partial charge is 0.327 e. The van der Waals surface area contributed by atoms with Crippen LogP contribution in [0.5, 0.6) is 0 Å². The summed E-state index contributed by atoms with van der Waals surface area (Å²) < 4.78 is 15.4. The Balaban J connectivity index is 1.49. The van der Waals surface area contributed by atoms with Crippen LogP contribution in [-0.2, 0) is 13.1 Å². The molecule has 0 saturated heterocycles. The van der Waals surface area contributed by atoms with Gasteiger partial charge < -0.3 is 5.73 Å². The van der Waals surface area contributed by atoms with Gasteiger partial charge in [0.1, 0.15) is 12.7 Å².